The number of rotatable bonds is 1. The lowest BCUT2D eigenvalue weighted by Gasteiger charge is -2.34. The highest BCUT2D eigenvalue weighted by atomic mass is 15.4. The number of aromatic nitrogens is 4. The first-order valence-electron chi connectivity index (χ1n) is 6.98. The molecule has 1 saturated heterocycles. The molecule has 1 fully saturated rings. The molecule has 0 bridgehead atoms. The van der Waals surface area contributed by atoms with Gasteiger partial charge in [-0.15, -0.1) is 0 Å². The Morgan fingerprint density at radius 1 is 1.11 bits per heavy atom. The molecular weight excluding hydrogens is 240 g/mol. The van der Waals surface area contributed by atoms with E-state index in [1.54, 1.807) is 6.33 Å². The summed E-state index contributed by atoms with van der Waals surface area (Å²) in [4.78, 5) is 13.7. The van der Waals surface area contributed by atoms with Gasteiger partial charge < -0.3 is 9.80 Å². The minimum absolute atomic E-state index is 0.745. The lowest BCUT2D eigenvalue weighted by molar-refractivity contribution is 0.311. The van der Waals surface area contributed by atoms with Gasteiger partial charge in [-0.05, 0) is 26.3 Å². The van der Waals surface area contributed by atoms with E-state index in [2.05, 4.69) is 31.9 Å². The van der Waals surface area contributed by atoms with E-state index < -0.39 is 0 Å². The molecule has 0 aromatic carbocycles. The maximum absolute atomic E-state index is 4.64. The number of hydrogen-bond donors (Lipinski definition) is 0. The lowest BCUT2D eigenvalue weighted by Crippen LogP contribution is -2.45. The highest BCUT2D eigenvalue weighted by Crippen LogP contribution is 2.30. The largest absolute Gasteiger partial charge is 0.354 e. The predicted molar refractivity (Wildman–Crippen MR) is 72.5 cm³/mol. The van der Waals surface area contributed by atoms with Crippen molar-refractivity contribution in [3.8, 4) is 0 Å². The van der Waals surface area contributed by atoms with E-state index in [9.17, 15) is 0 Å². The Morgan fingerprint density at radius 3 is 2.79 bits per heavy atom. The first-order valence-corrected chi connectivity index (χ1v) is 6.98. The topological polar surface area (TPSA) is 49.6 Å². The molecule has 2 aliphatic rings. The minimum atomic E-state index is 0.745. The third kappa shape index (κ3) is 1.70. The number of hydrogen-bond acceptors (Lipinski definition) is 5. The summed E-state index contributed by atoms with van der Waals surface area (Å²) in [5.41, 5.74) is 2.62. The fraction of sp³-hybridized carbons (Fsp3) is 0.615. The van der Waals surface area contributed by atoms with Crippen molar-refractivity contribution < 1.29 is 0 Å². The number of aryl methyl sites for hydroxylation is 1. The van der Waals surface area contributed by atoms with Crippen molar-refractivity contribution in [3.63, 3.8) is 0 Å². The molecule has 0 saturated carbocycles. The van der Waals surface area contributed by atoms with Crippen LogP contribution in [0.5, 0.6) is 0 Å². The summed E-state index contributed by atoms with van der Waals surface area (Å²) >= 11 is 0. The Balaban J connectivity index is 1.85. The average molecular weight is 258 g/mol. The molecule has 1 aliphatic heterocycles. The van der Waals surface area contributed by atoms with Gasteiger partial charge in [-0.25, -0.2) is 4.98 Å². The summed E-state index contributed by atoms with van der Waals surface area (Å²) in [6.07, 6.45) is 5.02. The molecule has 0 radical (unpaired) electrons. The van der Waals surface area contributed by atoms with Crippen molar-refractivity contribution in [2.24, 2.45) is 0 Å². The molecular formula is C13H18N6. The zero-order chi connectivity index (χ0) is 12.8. The summed E-state index contributed by atoms with van der Waals surface area (Å²) in [5, 5.41) is 4.38. The molecule has 0 amide bonds. The summed E-state index contributed by atoms with van der Waals surface area (Å²) in [5.74, 6) is 1.98. The molecule has 0 atom stereocenters. The van der Waals surface area contributed by atoms with E-state index in [1.165, 1.54) is 23.5 Å². The molecule has 3 heterocycles. The van der Waals surface area contributed by atoms with Crippen LogP contribution in [-0.2, 0) is 12.8 Å². The Hall–Kier alpha value is -1.69. The number of fused-ring (bicyclic) bond motifs is 2. The fourth-order valence-electron chi connectivity index (χ4n) is 3.14. The monoisotopic (exact) mass is 258 g/mol. The van der Waals surface area contributed by atoms with Crippen molar-refractivity contribution in [1.29, 1.82) is 0 Å². The van der Waals surface area contributed by atoms with Crippen LogP contribution in [-0.4, -0.2) is 57.7 Å². The predicted octanol–water partition coefficient (Wildman–Crippen LogP) is 0.365. The van der Waals surface area contributed by atoms with Gasteiger partial charge in [0, 0.05) is 31.7 Å². The van der Waals surface area contributed by atoms with Crippen molar-refractivity contribution in [3.05, 3.63) is 17.6 Å². The minimum Gasteiger partial charge on any atom is -0.354 e. The fourth-order valence-corrected chi connectivity index (χ4v) is 3.14. The quantitative estimate of drug-likeness (QED) is 0.739. The van der Waals surface area contributed by atoms with Crippen molar-refractivity contribution in [2.45, 2.75) is 19.3 Å². The van der Waals surface area contributed by atoms with Gasteiger partial charge in [-0.2, -0.15) is 14.6 Å². The van der Waals surface area contributed by atoms with Gasteiger partial charge in [0.05, 0.1) is 5.69 Å². The van der Waals surface area contributed by atoms with Gasteiger partial charge in [0.15, 0.2) is 0 Å². The van der Waals surface area contributed by atoms with Gasteiger partial charge in [0.2, 0.25) is 0 Å². The van der Waals surface area contributed by atoms with E-state index in [4.69, 9.17) is 0 Å². The van der Waals surface area contributed by atoms with Gasteiger partial charge in [0.25, 0.3) is 5.78 Å². The zero-order valence-corrected chi connectivity index (χ0v) is 11.2. The molecule has 100 valence electrons. The summed E-state index contributed by atoms with van der Waals surface area (Å²) in [7, 11) is 2.18. The molecule has 2 aromatic heterocycles. The molecule has 0 N–H and O–H groups in total. The Morgan fingerprint density at radius 2 is 1.95 bits per heavy atom. The van der Waals surface area contributed by atoms with E-state index in [-0.39, 0.29) is 0 Å². The zero-order valence-electron chi connectivity index (χ0n) is 11.2. The average Bonchev–Trinajstić information content (AvgIpc) is 3.05. The summed E-state index contributed by atoms with van der Waals surface area (Å²) in [6, 6.07) is 0. The smallest absolute Gasteiger partial charge is 0.254 e. The van der Waals surface area contributed by atoms with Crippen LogP contribution in [0, 0.1) is 0 Å². The SMILES string of the molecule is CN1CCN(c2c3c(nc4ncnn24)CCC3)CC1. The first-order chi connectivity index (χ1) is 9.33. The standard InChI is InChI=1S/C13H18N6/c1-17-5-7-18(8-6-17)12-10-3-2-4-11(10)16-13-14-9-15-19(12)13/h9H,2-8H2,1H3. The van der Waals surface area contributed by atoms with Crippen LogP contribution in [0.1, 0.15) is 17.7 Å². The lowest BCUT2D eigenvalue weighted by atomic mass is 10.2. The Labute approximate surface area is 112 Å². The van der Waals surface area contributed by atoms with Crippen LogP contribution >= 0.6 is 0 Å². The third-order valence-corrected chi connectivity index (χ3v) is 4.23. The molecule has 6 nitrogen and oxygen atoms in total. The van der Waals surface area contributed by atoms with E-state index in [0.29, 0.717) is 0 Å². The number of piperazine rings is 1. The van der Waals surface area contributed by atoms with Crippen LogP contribution < -0.4 is 4.90 Å². The van der Waals surface area contributed by atoms with Gasteiger partial charge >= 0.3 is 0 Å². The Bertz CT molecular complexity index is 611. The van der Waals surface area contributed by atoms with Crippen LogP contribution in [0.15, 0.2) is 6.33 Å². The summed E-state index contributed by atoms with van der Waals surface area (Å²) in [6.45, 7) is 4.32. The third-order valence-electron chi connectivity index (χ3n) is 4.23. The second-order valence-corrected chi connectivity index (χ2v) is 5.48. The second kappa shape index (κ2) is 4.16. The van der Waals surface area contributed by atoms with Crippen molar-refractivity contribution in [2.75, 3.05) is 38.1 Å². The van der Waals surface area contributed by atoms with Crippen LogP contribution in [0.4, 0.5) is 5.82 Å². The number of likely N-dealkylation sites (N-methyl/N-ethyl adjacent to an activating group) is 1. The molecule has 4 rings (SSSR count). The maximum Gasteiger partial charge on any atom is 0.254 e. The first kappa shape index (κ1) is 11.2. The number of nitrogens with zero attached hydrogens (tertiary/aromatic N) is 6. The molecule has 0 spiro atoms. The van der Waals surface area contributed by atoms with Gasteiger partial charge in [-0.1, -0.05) is 0 Å². The molecule has 0 unspecified atom stereocenters. The molecule has 19 heavy (non-hydrogen) atoms. The highest BCUT2D eigenvalue weighted by Gasteiger charge is 2.26. The van der Waals surface area contributed by atoms with E-state index in [1.807, 2.05) is 4.52 Å². The molecule has 1 aliphatic carbocycles. The van der Waals surface area contributed by atoms with Crippen LogP contribution in [0.25, 0.3) is 5.78 Å². The van der Waals surface area contributed by atoms with Crippen molar-refractivity contribution >= 4 is 11.6 Å². The van der Waals surface area contributed by atoms with Crippen molar-refractivity contribution in [1.82, 2.24) is 24.5 Å². The normalized spacial score (nSPS) is 20.2. The van der Waals surface area contributed by atoms with E-state index in [0.717, 1.165) is 44.8 Å². The summed E-state index contributed by atoms with van der Waals surface area (Å²) < 4.78 is 1.93. The molecule has 2 aromatic rings. The molecule has 6 heteroatoms. The van der Waals surface area contributed by atoms with Crippen LogP contribution in [0.2, 0.25) is 0 Å². The number of anilines is 1. The van der Waals surface area contributed by atoms with E-state index >= 15 is 0 Å². The van der Waals surface area contributed by atoms with Gasteiger partial charge in [-0.3, -0.25) is 0 Å². The van der Waals surface area contributed by atoms with Crippen LogP contribution in [0.3, 0.4) is 0 Å². The maximum atomic E-state index is 4.64. The Kier molecular flexibility index (Phi) is 2.44. The van der Waals surface area contributed by atoms with Gasteiger partial charge in [0.1, 0.15) is 12.1 Å². The second-order valence-electron chi connectivity index (χ2n) is 5.48. The highest BCUT2D eigenvalue weighted by molar-refractivity contribution is 5.56.